The lowest BCUT2D eigenvalue weighted by Gasteiger charge is -2.11. The van der Waals surface area contributed by atoms with Gasteiger partial charge in [0.15, 0.2) is 0 Å². The van der Waals surface area contributed by atoms with E-state index in [0.717, 1.165) is 24.3 Å². The average molecular weight is 251 g/mol. The molecule has 0 aliphatic carbocycles. The summed E-state index contributed by atoms with van der Waals surface area (Å²) in [6.45, 7) is 5.40. The van der Waals surface area contributed by atoms with Crippen LogP contribution in [0.1, 0.15) is 23.1 Å². The largest absolute Gasteiger partial charge is 0.496 e. The molecule has 0 aliphatic rings. The maximum Gasteiger partial charge on any atom is 0.304 e. The van der Waals surface area contributed by atoms with Gasteiger partial charge >= 0.3 is 5.97 Å². The lowest BCUT2D eigenvalue weighted by Crippen LogP contribution is -2.21. The van der Waals surface area contributed by atoms with Crippen molar-refractivity contribution in [2.75, 3.05) is 20.2 Å². The van der Waals surface area contributed by atoms with Gasteiger partial charge in [-0.3, -0.25) is 4.79 Å². The van der Waals surface area contributed by atoms with Crippen molar-refractivity contribution < 1.29 is 14.6 Å². The molecule has 0 saturated carbocycles. The molecule has 4 nitrogen and oxygen atoms in total. The number of benzene rings is 1. The molecule has 0 saturated heterocycles. The van der Waals surface area contributed by atoms with Gasteiger partial charge in [-0.25, -0.2) is 0 Å². The van der Waals surface area contributed by atoms with Gasteiger partial charge in [0.05, 0.1) is 13.5 Å². The van der Waals surface area contributed by atoms with Gasteiger partial charge in [-0.1, -0.05) is 6.07 Å². The molecule has 4 heteroatoms. The number of rotatable bonds is 7. The second kappa shape index (κ2) is 7.01. The van der Waals surface area contributed by atoms with Gasteiger partial charge in [0.2, 0.25) is 0 Å². The van der Waals surface area contributed by atoms with Crippen LogP contribution in [0.2, 0.25) is 0 Å². The van der Waals surface area contributed by atoms with E-state index in [4.69, 9.17) is 9.84 Å². The fraction of sp³-hybridized carbons (Fsp3) is 0.500. The second-order valence-electron chi connectivity index (χ2n) is 4.39. The summed E-state index contributed by atoms with van der Waals surface area (Å²) in [4.78, 5) is 10.3. The van der Waals surface area contributed by atoms with Crippen LogP contribution in [0, 0.1) is 13.8 Å². The Balaban J connectivity index is 2.47. The third-order valence-electron chi connectivity index (χ3n) is 2.94. The van der Waals surface area contributed by atoms with Gasteiger partial charge in [-0.2, -0.15) is 0 Å². The number of hydrogen-bond acceptors (Lipinski definition) is 3. The summed E-state index contributed by atoms with van der Waals surface area (Å²) < 4.78 is 5.27. The summed E-state index contributed by atoms with van der Waals surface area (Å²) in [5.41, 5.74) is 3.61. The minimum Gasteiger partial charge on any atom is -0.496 e. The van der Waals surface area contributed by atoms with Crippen LogP contribution in [0.15, 0.2) is 12.1 Å². The van der Waals surface area contributed by atoms with E-state index in [-0.39, 0.29) is 6.42 Å². The van der Waals surface area contributed by atoms with E-state index in [0.29, 0.717) is 6.54 Å². The van der Waals surface area contributed by atoms with E-state index in [1.54, 1.807) is 7.11 Å². The molecule has 0 fully saturated rings. The zero-order valence-corrected chi connectivity index (χ0v) is 11.2. The summed E-state index contributed by atoms with van der Waals surface area (Å²) in [6.07, 6.45) is 1.07. The van der Waals surface area contributed by atoms with Gasteiger partial charge in [-0.15, -0.1) is 0 Å². The molecule has 0 atom stereocenters. The number of aryl methyl sites for hydroxylation is 2. The highest BCUT2D eigenvalue weighted by Gasteiger charge is 2.04. The Morgan fingerprint density at radius 1 is 1.28 bits per heavy atom. The minimum atomic E-state index is -0.765. The number of hydrogen-bond donors (Lipinski definition) is 2. The van der Waals surface area contributed by atoms with Gasteiger partial charge < -0.3 is 15.2 Å². The van der Waals surface area contributed by atoms with Crippen LogP contribution in [0.4, 0.5) is 0 Å². The third kappa shape index (κ3) is 4.37. The highest BCUT2D eigenvalue weighted by Crippen LogP contribution is 2.22. The molecule has 0 amide bonds. The summed E-state index contributed by atoms with van der Waals surface area (Å²) in [5.74, 6) is 0.147. The monoisotopic (exact) mass is 251 g/mol. The summed E-state index contributed by atoms with van der Waals surface area (Å²) >= 11 is 0. The summed E-state index contributed by atoms with van der Waals surface area (Å²) in [5, 5.41) is 11.6. The van der Waals surface area contributed by atoms with Crippen LogP contribution in [0.5, 0.6) is 5.75 Å². The first-order valence-corrected chi connectivity index (χ1v) is 6.11. The van der Waals surface area contributed by atoms with Crippen molar-refractivity contribution in [3.8, 4) is 5.75 Å². The van der Waals surface area contributed by atoms with Crippen molar-refractivity contribution in [1.29, 1.82) is 0 Å². The highest BCUT2D eigenvalue weighted by molar-refractivity contribution is 5.66. The van der Waals surface area contributed by atoms with Crippen molar-refractivity contribution in [3.63, 3.8) is 0 Å². The first kappa shape index (κ1) is 14.5. The lowest BCUT2D eigenvalue weighted by atomic mass is 10.0. The Morgan fingerprint density at radius 2 is 2.00 bits per heavy atom. The predicted molar refractivity (Wildman–Crippen MR) is 71.3 cm³/mol. The summed E-state index contributed by atoms with van der Waals surface area (Å²) in [6, 6.07) is 4.18. The topological polar surface area (TPSA) is 58.6 Å². The van der Waals surface area contributed by atoms with E-state index in [9.17, 15) is 4.79 Å². The van der Waals surface area contributed by atoms with E-state index < -0.39 is 5.97 Å². The molecule has 100 valence electrons. The molecular weight excluding hydrogens is 230 g/mol. The van der Waals surface area contributed by atoms with Crippen molar-refractivity contribution in [2.24, 2.45) is 0 Å². The van der Waals surface area contributed by atoms with E-state index in [1.165, 1.54) is 11.1 Å². The van der Waals surface area contributed by atoms with Crippen LogP contribution in [0.3, 0.4) is 0 Å². The smallest absolute Gasteiger partial charge is 0.304 e. The third-order valence-corrected chi connectivity index (χ3v) is 2.94. The molecule has 0 unspecified atom stereocenters. The number of nitrogens with one attached hydrogen (secondary N) is 1. The highest BCUT2D eigenvalue weighted by atomic mass is 16.5. The van der Waals surface area contributed by atoms with Crippen molar-refractivity contribution in [1.82, 2.24) is 5.32 Å². The Morgan fingerprint density at radius 3 is 2.61 bits per heavy atom. The van der Waals surface area contributed by atoms with Crippen LogP contribution in [-0.2, 0) is 11.2 Å². The maximum atomic E-state index is 10.3. The predicted octanol–water partition coefficient (Wildman–Crippen LogP) is 1.92. The number of ether oxygens (including phenoxy) is 1. The number of aliphatic carboxylic acids is 1. The second-order valence-corrected chi connectivity index (χ2v) is 4.39. The Bertz CT molecular complexity index is 416. The maximum absolute atomic E-state index is 10.3. The quantitative estimate of drug-likeness (QED) is 0.727. The molecule has 0 aliphatic heterocycles. The molecule has 0 spiro atoms. The van der Waals surface area contributed by atoms with E-state index in [1.807, 2.05) is 13.0 Å². The SMILES string of the molecule is COc1cc(C)c(CCNCCC(=O)O)cc1C. The average Bonchev–Trinajstić information content (AvgIpc) is 2.32. The van der Waals surface area contributed by atoms with Crippen LogP contribution < -0.4 is 10.1 Å². The summed E-state index contributed by atoms with van der Waals surface area (Å²) in [7, 11) is 1.68. The molecule has 2 N–H and O–H groups in total. The van der Waals surface area contributed by atoms with Crippen molar-refractivity contribution in [3.05, 3.63) is 28.8 Å². The zero-order valence-electron chi connectivity index (χ0n) is 11.2. The van der Waals surface area contributed by atoms with Crippen molar-refractivity contribution >= 4 is 5.97 Å². The number of carbonyl (C=O) groups is 1. The number of carboxylic acid groups (broad SMARTS) is 1. The van der Waals surface area contributed by atoms with Gasteiger partial charge in [0.1, 0.15) is 5.75 Å². The fourth-order valence-corrected chi connectivity index (χ4v) is 1.88. The molecule has 0 bridgehead atoms. The first-order valence-electron chi connectivity index (χ1n) is 6.11. The van der Waals surface area contributed by atoms with Gasteiger partial charge in [0, 0.05) is 6.54 Å². The minimum absolute atomic E-state index is 0.167. The number of methoxy groups -OCH3 is 1. The Kier molecular flexibility index (Phi) is 5.65. The molecule has 0 heterocycles. The lowest BCUT2D eigenvalue weighted by molar-refractivity contribution is -0.136. The fourth-order valence-electron chi connectivity index (χ4n) is 1.88. The van der Waals surface area contributed by atoms with Crippen LogP contribution in [0.25, 0.3) is 0 Å². The number of carboxylic acids is 1. The molecule has 18 heavy (non-hydrogen) atoms. The van der Waals surface area contributed by atoms with E-state index >= 15 is 0 Å². The van der Waals surface area contributed by atoms with Gasteiger partial charge in [0.25, 0.3) is 0 Å². The van der Waals surface area contributed by atoms with Gasteiger partial charge in [-0.05, 0) is 49.6 Å². The molecule has 1 rings (SSSR count). The normalized spacial score (nSPS) is 10.4. The van der Waals surface area contributed by atoms with Crippen LogP contribution in [-0.4, -0.2) is 31.3 Å². The molecule has 0 radical (unpaired) electrons. The molecule has 1 aromatic rings. The zero-order chi connectivity index (χ0) is 13.5. The Hall–Kier alpha value is -1.55. The van der Waals surface area contributed by atoms with Crippen LogP contribution >= 0.6 is 0 Å². The van der Waals surface area contributed by atoms with Crippen molar-refractivity contribution in [2.45, 2.75) is 26.7 Å². The molecule has 0 aromatic heterocycles. The molecular formula is C14H21NO3. The Labute approximate surface area is 108 Å². The molecule has 1 aromatic carbocycles. The first-order chi connectivity index (χ1) is 8.54. The van der Waals surface area contributed by atoms with E-state index in [2.05, 4.69) is 18.3 Å². The standard InChI is InChI=1S/C14H21NO3/c1-10-9-13(18-3)11(2)8-12(10)4-6-15-7-5-14(16)17/h8-9,15H,4-7H2,1-3H3,(H,16,17).